The lowest BCUT2D eigenvalue weighted by Gasteiger charge is -2.22. The van der Waals surface area contributed by atoms with Crippen LogP contribution in [0.3, 0.4) is 0 Å². The summed E-state index contributed by atoms with van der Waals surface area (Å²) in [5.41, 5.74) is 4.63. The molecule has 0 atom stereocenters. The Balaban J connectivity index is 1.54. The molecule has 0 aliphatic rings. The van der Waals surface area contributed by atoms with Crippen LogP contribution in [0.25, 0.3) is 10.8 Å². The molecule has 0 saturated carbocycles. The Morgan fingerprint density at radius 2 is 1.85 bits per heavy atom. The van der Waals surface area contributed by atoms with E-state index in [1.165, 1.54) is 18.2 Å². The minimum Gasteiger partial charge on any atom is -0.506 e. The van der Waals surface area contributed by atoms with Gasteiger partial charge in [0.2, 0.25) is 5.91 Å². The van der Waals surface area contributed by atoms with E-state index in [2.05, 4.69) is 10.5 Å². The van der Waals surface area contributed by atoms with Crippen molar-refractivity contribution < 1.29 is 14.7 Å². The fourth-order valence-electron chi connectivity index (χ4n) is 3.58. The Bertz CT molecular complexity index is 1370. The number of nitrogens with one attached hydrogen (secondary N) is 1. The first kappa shape index (κ1) is 23.5. The zero-order valence-corrected chi connectivity index (χ0v) is 19.9. The molecule has 0 fully saturated rings. The quantitative estimate of drug-likeness (QED) is 0.262. The number of phenols is 1. The molecule has 0 aliphatic carbocycles. The van der Waals surface area contributed by atoms with Crippen molar-refractivity contribution in [3.8, 4) is 5.75 Å². The van der Waals surface area contributed by atoms with Gasteiger partial charge in [0.25, 0.3) is 5.91 Å². The van der Waals surface area contributed by atoms with Crippen molar-refractivity contribution >= 4 is 51.7 Å². The number of amides is 2. The Morgan fingerprint density at radius 1 is 1.06 bits per heavy atom. The number of hydrazone groups is 1. The minimum absolute atomic E-state index is 0.0140. The van der Waals surface area contributed by atoms with Crippen molar-refractivity contribution in [1.82, 2.24) is 10.3 Å². The monoisotopic (exact) mass is 491 g/mol. The molecule has 34 heavy (non-hydrogen) atoms. The van der Waals surface area contributed by atoms with E-state index in [0.717, 1.165) is 26.8 Å². The molecule has 0 spiro atoms. The summed E-state index contributed by atoms with van der Waals surface area (Å²) in [6.45, 7) is 2.64. The van der Waals surface area contributed by atoms with Gasteiger partial charge in [-0.1, -0.05) is 54.1 Å². The number of fused-ring (bicyclic) bond motifs is 1. The van der Waals surface area contributed by atoms with Crippen LogP contribution in [0.2, 0.25) is 5.02 Å². The predicted molar refractivity (Wildman–Crippen MR) is 136 cm³/mol. The Hall–Kier alpha value is -3.68. The fourth-order valence-corrected chi connectivity index (χ4v) is 4.48. The molecule has 0 aliphatic heterocycles. The van der Waals surface area contributed by atoms with E-state index < -0.39 is 5.91 Å². The van der Waals surface area contributed by atoms with Gasteiger partial charge in [0.1, 0.15) is 5.75 Å². The molecule has 0 saturated heterocycles. The van der Waals surface area contributed by atoms with Gasteiger partial charge < -0.3 is 10.0 Å². The number of hydrogen-bond donors (Lipinski definition) is 2. The number of halogens is 1. The van der Waals surface area contributed by atoms with Gasteiger partial charge in [-0.05, 0) is 46.0 Å². The number of aromatic hydroxyl groups is 1. The SMILES string of the molecule is CC(=O)N(Cc1cccs1)Cc1ccc(C=NNC(=O)c2ccc(O)c(Cl)c2)c2ccccc12. The van der Waals surface area contributed by atoms with Gasteiger partial charge in [-0.2, -0.15) is 5.10 Å². The maximum atomic E-state index is 12.3. The molecule has 1 heterocycles. The molecule has 0 unspecified atom stereocenters. The number of rotatable bonds is 7. The smallest absolute Gasteiger partial charge is 0.271 e. The van der Waals surface area contributed by atoms with Crippen LogP contribution in [0, 0.1) is 0 Å². The molecule has 0 bridgehead atoms. The van der Waals surface area contributed by atoms with Crippen molar-refractivity contribution in [3.05, 3.63) is 98.7 Å². The average Bonchev–Trinajstić information content (AvgIpc) is 3.34. The van der Waals surface area contributed by atoms with Crippen LogP contribution >= 0.6 is 22.9 Å². The lowest BCUT2D eigenvalue weighted by Crippen LogP contribution is -2.27. The zero-order chi connectivity index (χ0) is 24.1. The van der Waals surface area contributed by atoms with Gasteiger partial charge in [-0.3, -0.25) is 9.59 Å². The van der Waals surface area contributed by atoms with Crippen LogP contribution in [-0.4, -0.2) is 28.0 Å². The molecule has 4 aromatic rings. The van der Waals surface area contributed by atoms with E-state index in [1.54, 1.807) is 24.5 Å². The van der Waals surface area contributed by atoms with Gasteiger partial charge in [0, 0.05) is 29.5 Å². The van der Waals surface area contributed by atoms with Crippen LogP contribution in [-0.2, 0) is 17.9 Å². The summed E-state index contributed by atoms with van der Waals surface area (Å²) in [4.78, 5) is 27.6. The summed E-state index contributed by atoms with van der Waals surface area (Å²) in [5.74, 6) is -0.517. The van der Waals surface area contributed by atoms with Gasteiger partial charge in [-0.15, -0.1) is 11.3 Å². The van der Waals surface area contributed by atoms with Crippen molar-refractivity contribution in [2.45, 2.75) is 20.0 Å². The van der Waals surface area contributed by atoms with Gasteiger partial charge in [0.05, 0.1) is 17.8 Å². The molecular weight excluding hydrogens is 470 g/mol. The first-order valence-electron chi connectivity index (χ1n) is 10.5. The maximum absolute atomic E-state index is 12.3. The zero-order valence-electron chi connectivity index (χ0n) is 18.4. The number of carbonyl (C=O) groups excluding carboxylic acids is 2. The van der Waals surface area contributed by atoms with Crippen LogP contribution in [0.5, 0.6) is 5.75 Å². The van der Waals surface area contributed by atoms with Crippen molar-refractivity contribution in [1.29, 1.82) is 0 Å². The predicted octanol–water partition coefficient (Wildman–Crippen LogP) is 5.57. The molecule has 2 amide bonds. The lowest BCUT2D eigenvalue weighted by molar-refractivity contribution is -0.130. The molecule has 1 aromatic heterocycles. The normalized spacial score (nSPS) is 11.1. The maximum Gasteiger partial charge on any atom is 0.271 e. The van der Waals surface area contributed by atoms with Crippen LogP contribution < -0.4 is 5.43 Å². The third-order valence-electron chi connectivity index (χ3n) is 5.36. The van der Waals surface area contributed by atoms with Crippen LogP contribution in [0.15, 0.2) is 77.2 Å². The number of nitrogens with zero attached hydrogens (tertiary/aromatic N) is 2. The molecule has 8 heteroatoms. The van der Waals surface area contributed by atoms with Crippen LogP contribution in [0.4, 0.5) is 0 Å². The summed E-state index contributed by atoms with van der Waals surface area (Å²) in [6.07, 6.45) is 1.58. The number of benzene rings is 3. The molecule has 4 rings (SSSR count). The molecule has 6 nitrogen and oxygen atoms in total. The molecule has 3 aromatic carbocycles. The molecule has 2 N–H and O–H groups in total. The minimum atomic E-state index is -0.440. The summed E-state index contributed by atoms with van der Waals surface area (Å²) >= 11 is 7.50. The molecule has 172 valence electrons. The molecular formula is C26H22ClN3O3S. The van der Waals surface area contributed by atoms with E-state index in [9.17, 15) is 14.7 Å². The third-order valence-corrected chi connectivity index (χ3v) is 6.52. The van der Waals surface area contributed by atoms with Crippen molar-refractivity contribution in [2.24, 2.45) is 5.10 Å². The van der Waals surface area contributed by atoms with E-state index in [-0.39, 0.29) is 22.2 Å². The number of carbonyl (C=O) groups is 2. The topological polar surface area (TPSA) is 82.0 Å². The van der Waals surface area contributed by atoms with Crippen molar-refractivity contribution in [2.75, 3.05) is 0 Å². The summed E-state index contributed by atoms with van der Waals surface area (Å²) < 4.78 is 0. The highest BCUT2D eigenvalue weighted by Gasteiger charge is 2.14. The number of hydrogen-bond acceptors (Lipinski definition) is 5. The summed E-state index contributed by atoms with van der Waals surface area (Å²) in [5, 5.41) is 17.7. The van der Waals surface area contributed by atoms with E-state index in [1.807, 2.05) is 58.8 Å². The van der Waals surface area contributed by atoms with E-state index >= 15 is 0 Å². The Morgan fingerprint density at radius 3 is 2.56 bits per heavy atom. The Kier molecular flexibility index (Phi) is 7.25. The summed E-state index contributed by atoms with van der Waals surface area (Å²) in [6, 6.07) is 20.0. The van der Waals surface area contributed by atoms with Crippen LogP contribution in [0.1, 0.15) is 33.3 Å². The third kappa shape index (κ3) is 5.44. The summed E-state index contributed by atoms with van der Waals surface area (Å²) in [7, 11) is 0. The van der Waals surface area contributed by atoms with Gasteiger partial charge in [0.15, 0.2) is 0 Å². The highest BCUT2D eigenvalue weighted by Crippen LogP contribution is 2.25. The second kappa shape index (κ2) is 10.5. The lowest BCUT2D eigenvalue weighted by atomic mass is 9.99. The van der Waals surface area contributed by atoms with Gasteiger partial charge >= 0.3 is 0 Å². The fraction of sp³-hybridized carbons (Fsp3) is 0.115. The first-order valence-corrected chi connectivity index (χ1v) is 11.8. The Labute approximate surface area is 206 Å². The highest BCUT2D eigenvalue weighted by molar-refractivity contribution is 7.09. The number of phenolic OH excluding ortho intramolecular Hbond substituents is 1. The van der Waals surface area contributed by atoms with E-state index in [0.29, 0.717) is 13.1 Å². The van der Waals surface area contributed by atoms with Gasteiger partial charge in [-0.25, -0.2) is 5.43 Å². The first-order chi connectivity index (χ1) is 16.4. The highest BCUT2D eigenvalue weighted by atomic mass is 35.5. The average molecular weight is 492 g/mol. The second-order valence-electron chi connectivity index (χ2n) is 7.68. The standard InChI is InChI=1S/C26H22ClN3O3S/c1-17(31)30(16-21-5-4-12-34-21)15-20-9-8-19(22-6-2-3-7-23(20)22)14-28-29-26(33)18-10-11-25(32)24(27)13-18/h2-14,32H,15-16H2,1H3,(H,29,33). The molecule has 0 radical (unpaired) electrons. The number of thiophene rings is 1. The van der Waals surface area contributed by atoms with E-state index in [4.69, 9.17) is 11.6 Å². The largest absolute Gasteiger partial charge is 0.506 e. The second-order valence-corrected chi connectivity index (χ2v) is 9.12. The van der Waals surface area contributed by atoms with Crippen molar-refractivity contribution in [3.63, 3.8) is 0 Å².